The number of benzene rings is 2. The fourth-order valence-corrected chi connectivity index (χ4v) is 2.34. The summed E-state index contributed by atoms with van der Waals surface area (Å²) in [5.74, 6) is 0. The lowest BCUT2D eigenvalue weighted by Crippen LogP contribution is -1.86. The minimum atomic E-state index is 0.786. The van der Waals surface area contributed by atoms with Gasteiger partial charge in [-0.3, -0.25) is 0 Å². The van der Waals surface area contributed by atoms with Crippen molar-refractivity contribution in [2.45, 2.75) is 0 Å². The van der Waals surface area contributed by atoms with Crippen LogP contribution in [0.3, 0.4) is 0 Å². The number of para-hydroxylation sites is 1. The molecule has 2 aromatic heterocycles. The molecule has 0 atom stereocenters. The van der Waals surface area contributed by atoms with Crippen LogP contribution in [0, 0.1) is 0 Å². The lowest BCUT2D eigenvalue weighted by atomic mass is 10.1. The molecule has 3 nitrogen and oxygen atoms in total. The van der Waals surface area contributed by atoms with Crippen molar-refractivity contribution in [3.05, 3.63) is 60.8 Å². The van der Waals surface area contributed by atoms with Gasteiger partial charge in [-0.2, -0.15) is 5.10 Å². The molecule has 0 saturated carbocycles. The normalized spacial score (nSPS) is 11.2. The number of nitrogens with zero attached hydrogens (tertiary/aromatic N) is 2. The zero-order valence-electron chi connectivity index (χ0n) is 10.1. The van der Waals surface area contributed by atoms with Gasteiger partial charge < -0.3 is 4.42 Å². The summed E-state index contributed by atoms with van der Waals surface area (Å²) in [6.07, 6.45) is 1.76. The molecule has 3 heteroatoms. The molecule has 0 spiro atoms. The SMILES string of the molecule is c1ccc(-c2nncc3c2oc2ccccc23)cc1. The fraction of sp³-hybridized carbons (Fsp3) is 0. The Labute approximate surface area is 109 Å². The highest BCUT2D eigenvalue weighted by molar-refractivity contribution is 6.08. The summed E-state index contributed by atoms with van der Waals surface area (Å²) in [7, 11) is 0. The van der Waals surface area contributed by atoms with Gasteiger partial charge in [-0.1, -0.05) is 48.5 Å². The van der Waals surface area contributed by atoms with Crippen LogP contribution in [-0.4, -0.2) is 10.2 Å². The molecule has 0 amide bonds. The number of aromatic nitrogens is 2. The van der Waals surface area contributed by atoms with Gasteiger partial charge in [0.1, 0.15) is 11.3 Å². The van der Waals surface area contributed by atoms with Crippen LogP contribution in [-0.2, 0) is 0 Å². The first-order valence-electron chi connectivity index (χ1n) is 6.12. The van der Waals surface area contributed by atoms with Gasteiger partial charge in [-0.15, -0.1) is 5.10 Å². The number of fused-ring (bicyclic) bond motifs is 3. The van der Waals surface area contributed by atoms with E-state index in [1.807, 2.05) is 54.6 Å². The Morgan fingerprint density at radius 3 is 2.47 bits per heavy atom. The second kappa shape index (κ2) is 3.92. The summed E-state index contributed by atoms with van der Waals surface area (Å²) in [5, 5.41) is 10.4. The lowest BCUT2D eigenvalue weighted by Gasteiger charge is -1.99. The van der Waals surface area contributed by atoms with Crippen LogP contribution in [0.5, 0.6) is 0 Å². The minimum Gasteiger partial charge on any atom is -0.454 e. The fourth-order valence-electron chi connectivity index (χ4n) is 2.34. The Morgan fingerprint density at radius 2 is 1.58 bits per heavy atom. The van der Waals surface area contributed by atoms with Crippen molar-refractivity contribution in [3.63, 3.8) is 0 Å². The molecule has 0 N–H and O–H groups in total. The largest absolute Gasteiger partial charge is 0.454 e. The van der Waals surface area contributed by atoms with Gasteiger partial charge in [-0.05, 0) is 6.07 Å². The van der Waals surface area contributed by atoms with E-state index in [2.05, 4.69) is 10.2 Å². The molecule has 0 aliphatic carbocycles. The van der Waals surface area contributed by atoms with Crippen molar-refractivity contribution < 1.29 is 4.42 Å². The van der Waals surface area contributed by atoms with E-state index >= 15 is 0 Å². The van der Waals surface area contributed by atoms with Gasteiger partial charge in [0.05, 0.1) is 11.6 Å². The summed E-state index contributed by atoms with van der Waals surface area (Å²) in [6, 6.07) is 17.9. The van der Waals surface area contributed by atoms with E-state index in [-0.39, 0.29) is 0 Å². The van der Waals surface area contributed by atoms with Crippen LogP contribution in [0.1, 0.15) is 0 Å². The first kappa shape index (κ1) is 10.3. The monoisotopic (exact) mass is 246 g/mol. The number of furan rings is 1. The van der Waals surface area contributed by atoms with Gasteiger partial charge in [-0.25, -0.2) is 0 Å². The Kier molecular flexibility index (Phi) is 2.12. The Morgan fingerprint density at radius 1 is 0.789 bits per heavy atom. The zero-order chi connectivity index (χ0) is 12.7. The van der Waals surface area contributed by atoms with Crippen LogP contribution < -0.4 is 0 Å². The van der Waals surface area contributed by atoms with Crippen LogP contribution in [0.15, 0.2) is 65.2 Å². The zero-order valence-corrected chi connectivity index (χ0v) is 10.1. The van der Waals surface area contributed by atoms with Gasteiger partial charge in [0, 0.05) is 10.9 Å². The summed E-state index contributed by atoms with van der Waals surface area (Å²) < 4.78 is 5.94. The van der Waals surface area contributed by atoms with Crippen molar-refractivity contribution in [3.8, 4) is 11.3 Å². The molecule has 2 aromatic carbocycles. The molecule has 0 saturated heterocycles. The molecular formula is C16H10N2O. The van der Waals surface area contributed by atoms with E-state index in [4.69, 9.17) is 4.42 Å². The van der Waals surface area contributed by atoms with Crippen LogP contribution >= 0.6 is 0 Å². The third kappa shape index (κ3) is 1.52. The van der Waals surface area contributed by atoms with Crippen molar-refractivity contribution in [1.82, 2.24) is 10.2 Å². The van der Waals surface area contributed by atoms with Gasteiger partial charge >= 0.3 is 0 Å². The third-order valence-corrected chi connectivity index (χ3v) is 3.24. The highest BCUT2D eigenvalue weighted by atomic mass is 16.3. The average molecular weight is 246 g/mol. The molecule has 0 unspecified atom stereocenters. The molecule has 4 rings (SSSR count). The van der Waals surface area contributed by atoms with E-state index < -0.39 is 0 Å². The average Bonchev–Trinajstić information content (AvgIpc) is 2.87. The Balaban J connectivity index is 2.13. The van der Waals surface area contributed by atoms with Crippen LogP contribution in [0.4, 0.5) is 0 Å². The first-order chi connectivity index (χ1) is 9.43. The van der Waals surface area contributed by atoms with Crippen molar-refractivity contribution in [2.75, 3.05) is 0 Å². The van der Waals surface area contributed by atoms with Crippen molar-refractivity contribution in [1.29, 1.82) is 0 Å². The van der Waals surface area contributed by atoms with Gasteiger partial charge in [0.15, 0.2) is 5.58 Å². The summed E-state index contributed by atoms with van der Waals surface area (Å²) in [5.41, 5.74) is 3.46. The van der Waals surface area contributed by atoms with E-state index in [9.17, 15) is 0 Å². The second-order valence-corrected chi connectivity index (χ2v) is 4.40. The predicted molar refractivity (Wildman–Crippen MR) is 74.7 cm³/mol. The predicted octanol–water partition coefficient (Wildman–Crippen LogP) is 4.04. The molecule has 0 fully saturated rings. The molecule has 0 aliphatic heterocycles. The lowest BCUT2D eigenvalue weighted by molar-refractivity contribution is 0.666. The standard InChI is InChI=1S/C16H10N2O/c1-2-6-11(7-3-1)15-16-13(10-17-18-15)12-8-4-5-9-14(12)19-16/h1-10H. The highest BCUT2D eigenvalue weighted by Crippen LogP contribution is 2.33. The minimum absolute atomic E-state index is 0.786. The maximum atomic E-state index is 5.94. The molecule has 0 radical (unpaired) electrons. The van der Waals surface area contributed by atoms with Gasteiger partial charge in [0.25, 0.3) is 0 Å². The smallest absolute Gasteiger partial charge is 0.165 e. The van der Waals surface area contributed by atoms with E-state index in [0.717, 1.165) is 33.2 Å². The molecule has 0 aliphatic rings. The molecule has 90 valence electrons. The van der Waals surface area contributed by atoms with Crippen molar-refractivity contribution in [2.24, 2.45) is 0 Å². The molecule has 2 heterocycles. The van der Waals surface area contributed by atoms with E-state index in [1.54, 1.807) is 6.20 Å². The topological polar surface area (TPSA) is 38.9 Å². The highest BCUT2D eigenvalue weighted by Gasteiger charge is 2.13. The van der Waals surface area contributed by atoms with Crippen LogP contribution in [0.25, 0.3) is 33.2 Å². The molecule has 19 heavy (non-hydrogen) atoms. The Hall–Kier alpha value is -2.68. The van der Waals surface area contributed by atoms with E-state index in [0.29, 0.717) is 0 Å². The van der Waals surface area contributed by atoms with Gasteiger partial charge in [0.2, 0.25) is 0 Å². The quantitative estimate of drug-likeness (QED) is 0.508. The third-order valence-electron chi connectivity index (χ3n) is 3.24. The molecule has 4 aromatic rings. The van der Waals surface area contributed by atoms with E-state index in [1.165, 1.54) is 0 Å². The first-order valence-corrected chi connectivity index (χ1v) is 6.12. The molecular weight excluding hydrogens is 236 g/mol. The summed E-state index contributed by atoms with van der Waals surface area (Å²) in [4.78, 5) is 0. The maximum absolute atomic E-state index is 5.94. The number of hydrogen-bond donors (Lipinski definition) is 0. The number of rotatable bonds is 1. The summed E-state index contributed by atoms with van der Waals surface area (Å²) in [6.45, 7) is 0. The summed E-state index contributed by atoms with van der Waals surface area (Å²) >= 11 is 0. The van der Waals surface area contributed by atoms with Crippen LogP contribution in [0.2, 0.25) is 0 Å². The second-order valence-electron chi connectivity index (χ2n) is 4.40. The molecule has 0 bridgehead atoms. The number of hydrogen-bond acceptors (Lipinski definition) is 3. The maximum Gasteiger partial charge on any atom is 0.165 e. The van der Waals surface area contributed by atoms with Crippen molar-refractivity contribution >= 4 is 21.9 Å². The Bertz CT molecular complexity index is 866.